The summed E-state index contributed by atoms with van der Waals surface area (Å²) in [7, 11) is 1.90. The van der Waals surface area contributed by atoms with Crippen molar-refractivity contribution in [2.45, 2.75) is 13.0 Å². The molecule has 1 N–H and O–H groups in total. The van der Waals surface area contributed by atoms with E-state index in [1.54, 1.807) is 18.5 Å². The molecule has 7 heteroatoms. The van der Waals surface area contributed by atoms with Gasteiger partial charge >= 0.3 is 0 Å². The van der Waals surface area contributed by atoms with Crippen LogP contribution in [0.1, 0.15) is 11.4 Å². The van der Waals surface area contributed by atoms with Crippen molar-refractivity contribution in [3.05, 3.63) is 52.1 Å². The molecule has 0 aliphatic heterocycles. The van der Waals surface area contributed by atoms with Crippen molar-refractivity contribution < 1.29 is 4.92 Å². The number of nitrogens with zero attached hydrogens (tertiary/aromatic N) is 4. The summed E-state index contributed by atoms with van der Waals surface area (Å²) < 4.78 is 1.87. The standard InChI is InChI=1S/C12H15N5O2/c1-16-9-14-15-12(16)5-6-13-8-10-3-2-4-11(7-10)17(18)19/h2-4,7,9,13H,5-6,8H2,1H3. The molecule has 0 fully saturated rings. The molecule has 0 aliphatic rings. The summed E-state index contributed by atoms with van der Waals surface area (Å²) in [6.45, 7) is 1.34. The summed E-state index contributed by atoms with van der Waals surface area (Å²) in [6.07, 6.45) is 2.43. The van der Waals surface area contributed by atoms with Crippen molar-refractivity contribution in [2.75, 3.05) is 6.54 Å². The van der Waals surface area contributed by atoms with Crippen molar-refractivity contribution in [1.82, 2.24) is 20.1 Å². The molecule has 2 aromatic rings. The van der Waals surface area contributed by atoms with Crippen LogP contribution >= 0.6 is 0 Å². The predicted octanol–water partition coefficient (Wildman–Crippen LogP) is 1.06. The summed E-state index contributed by atoms with van der Waals surface area (Å²) in [6, 6.07) is 6.62. The molecule has 0 amide bonds. The molecule has 7 nitrogen and oxygen atoms in total. The lowest BCUT2D eigenvalue weighted by atomic mass is 10.2. The fraction of sp³-hybridized carbons (Fsp3) is 0.333. The molecule has 0 spiro atoms. The average molecular weight is 261 g/mol. The molecule has 0 radical (unpaired) electrons. The van der Waals surface area contributed by atoms with Crippen LogP contribution in [-0.4, -0.2) is 26.2 Å². The number of benzene rings is 1. The van der Waals surface area contributed by atoms with Gasteiger partial charge < -0.3 is 9.88 Å². The van der Waals surface area contributed by atoms with Crippen LogP contribution < -0.4 is 5.32 Å². The molecule has 1 aromatic heterocycles. The van der Waals surface area contributed by atoms with Crippen molar-refractivity contribution >= 4 is 5.69 Å². The second-order valence-corrected chi connectivity index (χ2v) is 4.21. The zero-order valence-electron chi connectivity index (χ0n) is 10.6. The molecular formula is C12H15N5O2. The lowest BCUT2D eigenvalue weighted by molar-refractivity contribution is -0.384. The monoisotopic (exact) mass is 261 g/mol. The van der Waals surface area contributed by atoms with Crippen molar-refractivity contribution in [1.29, 1.82) is 0 Å². The van der Waals surface area contributed by atoms with Crippen molar-refractivity contribution in [2.24, 2.45) is 7.05 Å². The van der Waals surface area contributed by atoms with Gasteiger partial charge in [0.25, 0.3) is 5.69 Å². The Kier molecular flexibility index (Phi) is 4.19. The Labute approximate surface area is 110 Å². The van der Waals surface area contributed by atoms with Crippen LogP contribution in [-0.2, 0) is 20.0 Å². The van der Waals surface area contributed by atoms with E-state index in [0.29, 0.717) is 6.54 Å². The quantitative estimate of drug-likeness (QED) is 0.477. The van der Waals surface area contributed by atoms with Crippen molar-refractivity contribution in [3.8, 4) is 0 Å². The molecule has 0 atom stereocenters. The largest absolute Gasteiger partial charge is 0.321 e. The van der Waals surface area contributed by atoms with Crippen LogP contribution in [0.2, 0.25) is 0 Å². The van der Waals surface area contributed by atoms with E-state index in [0.717, 1.165) is 24.4 Å². The Bertz CT molecular complexity index is 567. The second-order valence-electron chi connectivity index (χ2n) is 4.21. The Morgan fingerprint density at radius 2 is 2.32 bits per heavy atom. The number of aromatic nitrogens is 3. The number of hydrogen-bond acceptors (Lipinski definition) is 5. The normalized spacial score (nSPS) is 10.6. The molecule has 0 bridgehead atoms. The maximum absolute atomic E-state index is 10.6. The highest BCUT2D eigenvalue weighted by atomic mass is 16.6. The summed E-state index contributed by atoms with van der Waals surface area (Å²) in [5.74, 6) is 0.909. The van der Waals surface area contributed by atoms with Gasteiger partial charge in [0, 0.05) is 38.7 Å². The predicted molar refractivity (Wildman–Crippen MR) is 69.5 cm³/mol. The van der Waals surface area contributed by atoms with Gasteiger partial charge in [0.15, 0.2) is 0 Å². The highest BCUT2D eigenvalue weighted by Crippen LogP contribution is 2.12. The van der Waals surface area contributed by atoms with E-state index in [9.17, 15) is 10.1 Å². The number of hydrogen-bond donors (Lipinski definition) is 1. The van der Waals surface area contributed by atoms with Crippen molar-refractivity contribution in [3.63, 3.8) is 0 Å². The van der Waals surface area contributed by atoms with Gasteiger partial charge in [-0.25, -0.2) is 0 Å². The van der Waals surface area contributed by atoms with E-state index in [1.165, 1.54) is 6.07 Å². The number of nitrogens with one attached hydrogen (secondary N) is 1. The molecular weight excluding hydrogens is 246 g/mol. The molecule has 0 saturated heterocycles. The second kappa shape index (κ2) is 6.05. The third-order valence-electron chi connectivity index (χ3n) is 2.78. The highest BCUT2D eigenvalue weighted by Gasteiger charge is 2.05. The maximum atomic E-state index is 10.6. The minimum Gasteiger partial charge on any atom is -0.321 e. The number of non-ortho nitro benzene ring substituents is 1. The van der Waals surface area contributed by atoms with Crippen LogP contribution in [0, 0.1) is 10.1 Å². The number of rotatable bonds is 6. The molecule has 0 aliphatic carbocycles. The third-order valence-corrected chi connectivity index (χ3v) is 2.78. The fourth-order valence-corrected chi connectivity index (χ4v) is 1.75. The smallest absolute Gasteiger partial charge is 0.269 e. The van der Waals surface area contributed by atoms with Gasteiger partial charge in [-0.2, -0.15) is 0 Å². The van der Waals surface area contributed by atoms with E-state index in [2.05, 4.69) is 15.5 Å². The Balaban J connectivity index is 1.81. The van der Waals surface area contributed by atoms with Crippen LogP contribution in [0.3, 0.4) is 0 Å². The van der Waals surface area contributed by atoms with Gasteiger partial charge in [0.2, 0.25) is 0 Å². The van der Waals surface area contributed by atoms with Gasteiger partial charge in [-0.3, -0.25) is 10.1 Å². The average Bonchev–Trinajstić information content (AvgIpc) is 2.81. The van der Waals surface area contributed by atoms with E-state index in [1.807, 2.05) is 17.7 Å². The molecule has 19 heavy (non-hydrogen) atoms. The first kappa shape index (κ1) is 13.2. The molecule has 100 valence electrons. The molecule has 0 saturated carbocycles. The maximum Gasteiger partial charge on any atom is 0.269 e. The molecule has 1 heterocycles. The summed E-state index contributed by atoms with van der Waals surface area (Å²) >= 11 is 0. The summed E-state index contributed by atoms with van der Waals surface area (Å²) in [5, 5.41) is 21.7. The first-order valence-electron chi connectivity index (χ1n) is 5.94. The van der Waals surface area contributed by atoms with E-state index < -0.39 is 0 Å². The van der Waals surface area contributed by atoms with Crippen LogP contribution in [0.4, 0.5) is 5.69 Å². The first-order valence-corrected chi connectivity index (χ1v) is 5.94. The van der Waals surface area contributed by atoms with E-state index >= 15 is 0 Å². The SMILES string of the molecule is Cn1cnnc1CCNCc1cccc([N+](=O)[O-])c1. The molecule has 1 aromatic carbocycles. The van der Waals surface area contributed by atoms with Crippen LogP contribution in [0.15, 0.2) is 30.6 Å². The minimum absolute atomic E-state index is 0.118. The number of aryl methyl sites for hydroxylation is 1. The molecule has 2 rings (SSSR count). The van der Waals surface area contributed by atoms with Crippen LogP contribution in [0.5, 0.6) is 0 Å². The van der Waals surface area contributed by atoms with Gasteiger partial charge in [-0.1, -0.05) is 12.1 Å². The zero-order chi connectivity index (χ0) is 13.7. The van der Waals surface area contributed by atoms with E-state index in [-0.39, 0.29) is 10.6 Å². The van der Waals surface area contributed by atoms with Crippen LogP contribution in [0.25, 0.3) is 0 Å². The van der Waals surface area contributed by atoms with Gasteiger partial charge in [-0.05, 0) is 5.56 Å². The van der Waals surface area contributed by atoms with E-state index in [4.69, 9.17) is 0 Å². The fourth-order valence-electron chi connectivity index (χ4n) is 1.75. The summed E-state index contributed by atoms with van der Waals surface area (Å²) in [4.78, 5) is 10.3. The Morgan fingerprint density at radius 3 is 3.00 bits per heavy atom. The topological polar surface area (TPSA) is 85.9 Å². The number of nitro groups is 1. The lowest BCUT2D eigenvalue weighted by Crippen LogP contribution is -2.18. The van der Waals surface area contributed by atoms with Gasteiger partial charge in [0.1, 0.15) is 12.2 Å². The summed E-state index contributed by atoms with van der Waals surface area (Å²) in [5.41, 5.74) is 1.01. The van der Waals surface area contributed by atoms with Gasteiger partial charge in [0.05, 0.1) is 4.92 Å². The number of nitro benzene ring substituents is 1. The highest BCUT2D eigenvalue weighted by molar-refractivity contribution is 5.34. The third kappa shape index (κ3) is 3.59. The zero-order valence-corrected chi connectivity index (χ0v) is 10.6. The Hall–Kier alpha value is -2.28. The minimum atomic E-state index is -0.386. The van der Waals surface area contributed by atoms with Gasteiger partial charge in [-0.15, -0.1) is 10.2 Å². The lowest BCUT2D eigenvalue weighted by Gasteiger charge is -2.04. The Morgan fingerprint density at radius 1 is 1.47 bits per heavy atom. The molecule has 0 unspecified atom stereocenters. The first-order chi connectivity index (χ1) is 9.16.